The van der Waals surface area contributed by atoms with Crippen LogP contribution < -0.4 is 21.5 Å². The van der Waals surface area contributed by atoms with Crippen LogP contribution in [0.1, 0.15) is 25.8 Å². The van der Waals surface area contributed by atoms with E-state index in [4.69, 9.17) is 24.4 Å². The molecule has 0 amide bonds. The summed E-state index contributed by atoms with van der Waals surface area (Å²) in [7, 11) is 0. The average molecular weight is 310 g/mol. The van der Waals surface area contributed by atoms with Gasteiger partial charge in [0, 0.05) is 13.1 Å². The minimum atomic E-state index is 0.516. The molecule has 20 heavy (non-hydrogen) atoms. The fourth-order valence-electron chi connectivity index (χ4n) is 1.45. The van der Waals surface area contributed by atoms with E-state index in [0.717, 1.165) is 13.0 Å². The van der Waals surface area contributed by atoms with E-state index in [9.17, 15) is 0 Å². The van der Waals surface area contributed by atoms with Crippen LogP contribution in [0.25, 0.3) is 0 Å². The lowest BCUT2D eigenvalue weighted by molar-refractivity contribution is 0.575. The molecule has 1 aromatic rings. The van der Waals surface area contributed by atoms with Gasteiger partial charge in [-0.15, -0.1) is 0 Å². The maximum Gasteiger partial charge on any atom is 0.185 e. The average Bonchev–Trinajstić information content (AvgIpc) is 2.43. The van der Waals surface area contributed by atoms with E-state index in [0.29, 0.717) is 22.7 Å². The summed E-state index contributed by atoms with van der Waals surface area (Å²) in [6, 6.07) is 10.1. The Hall–Kier alpha value is -1.40. The second-order valence-corrected chi connectivity index (χ2v) is 5.67. The van der Waals surface area contributed by atoms with Gasteiger partial charge in [-0.05, 0) is 42.3 Å². The van der Waals surface area contributed by atoms with Crippen molar-refractivity contribution in [1.29, 1.82) is 0 Å². The van der Waals surface area contributed by atoms with Gasteiger partial charge in [0.1, 0.15) is 0 Å². The van der Waals surface area contributed by atoms with Crippen LogP contribution in [0.4, 0.5) is 0 Å². The lowest BCUT2D eigenvalue weighted by Crippen LogP contribution is -2.50. The highest BCUT2D eigenvalue weighted by atomic mass is 32.1. The van der Waals surface area contributed by atoms with Gasteiger partial charge in [0.15, 0.2) is 10.2 Å². The summed E-state index contributed by atoms with van der Waals surface area (Å²) < 4.78 is 0. The van der Waals surface area contributed by atoms with Crippen LogP contribution in [0.15, 0.2) is 30.3 Å². The molecule has 0 fully saturated rings. The van der Waals surface area contributed by atoms with E-state index in [2.05, 4.69) is 35.3 Å². The molecule has 110 valence electrons. The van der Waals surface area contributed by atoms with Crippen LogP contribution >= 0.6 is 24.4 Å². The SMILES string of the molecule is CC(C)CCNC(=S)NNC(=S)NCc1ccccc1. The highest BCUT2D eigenvalue weighted by Crippen LogP contribution is 1.97. The molecular formula is C14H22N4S2. The molecule has 0 unspecified atom stereocenters. The number of hydrogen-bond donors (Lipinski definition) is 4. The molecule has 0 saturated carbocycles. The predicted molar refractivity (Wildman–Crippen MR) is 92.2 cm³/mol. The Kier molecular flexibility index (Phi) is 7.91. The molecular weight excluding hydrogens is 288 g/mol. The second kappa shape index (κ2) is 9.50. The summed E-state index contributed by atoms with van der Waals surface area (Å²) in [5.41, 5.74) is 6.89. The van der Waals surface area contributed by atoms with E-state index in [1.54, 1.807) is 0 Å². The molecule has 0 atom stereocenters. The Bertz CT molecular complexity index is 420. The molecule has 4 nitrogen and oxygen atoms in total. The summed E-state index contributed by atoms with van der Waals surface area (Å²) in [6.07, 6.45) is 1.08. The van der Waals surface area contributed by atoms with Crippen molar-refractivity contribution in [1.82, 2.24) is 21.5 Å². The summed E-state index contributed by atoms with van der Waals surface area (Å²) in [5, 5.41) is 7.28. The normalized spacial score (nSPS) is 9.95. The van der Waals surface area contributed by atoms with Crippen LogP contribution in [-0.4, -0.2) is 16.8 Å². The first-order valence-electron chi connectivity index (χ1n) is 6.69. The van der Waals surface area contributed by atoms with Crippen LogP contribution in [0.3, 0.4) is 0 Å². The first-order chi connectivity index (χ1) is 9.58. The summed E-state index contributed by atoms with van der Waals surface area (Å²) in [6.45, 7) is 5.90. The van der Waals surface area contributed by atoms with Gasteiger partial charge in [-0.1, -0.05) is 44.2 Å². The lowest BCUT2D eigenvalue weighted by atomic mass is 10.1. The van der Waals surface area contributed by atoms with Crippen LogP contribution in [0, 0.1) is 5.92 Å². The van der Waals surface area contributed by atoms with Gasteiger partial charge in [0.2, 0.25) is 0 Å². The van der Waals surface area contributed by atoms with Crippen molar-refractivity contribution in [2.75, 3.05) is 6.54 Å². The van der Waals surface area contributed by atoms with E-state index in [1.807, 2.05) is 30.3 Å². The van der Waals surface area contributed by atoms with Gasteiger partial charge >= 0.3 is 0 Å². The van der Waals surface area contributed by atoms with Crippen LogP contribution in [0.5, 0.6) is 0 Å². The van der Waals surface area contributed by atoms with E-state index in [1.165, 1.54) is 5.56 Å². The fourth-order valence-corrected chi connectivity index (χ4v) is 1.73. The van der Waals surface area contributed by atoms with Crippen LogP contribution in [-0.2, 0) is 6.54 Å². The van der Waals surface area contributed by atoms with E-state index < -0.39 is 0 Å². The maximum absolute atomic E-state index is 5.15. The third-order valence-corrected chi connectivity index (χ3v) is 3.09. The molecule has 0 aliphatic heterocycles. The molecule has 4 N–H and O–H groups in total. The Morgan fingerprint density at radius 3 is 2.20 bits per heavy atom. The monoisotopic (exact) mass is 310 g/mol. The third-order valence-electron chi connectivity index (χ3n) is 2.59. The van der Waals surface area contributed by atoms with Gasteiger partial charge in [-0.3, -0.25) is 10.9 Å². The van der Waals surface area contributed by atoms with Gasteiger partial charge < -0.3 is 10.6 Å². The molecule has 1 rings (SSSR count). The van der Waals surface area contributed by atoms with Gasteiger partial charge in [-0.2, -0.15) is 0 Å². The standard InChI is InChI=1S/C14H22N4S2/c1-11(2)8-9-15-13(19)17-18-14(20)16-10-12-6-4-3-5-7-12/h3-7,11H,8-10H2,1-2H3,(H2,15,17,19)(H2,16,18,20). The van der Waals surface area contributed by atoms with Gasteiger partial charge in [0.25, 0.3) is 0 Å². The van der Waals surface area contributed by atoms with Crippen molar-refractivity contribution >= 4 is 34.7 Å². The molecule has 0 aromatic heterocycles. The summed E-state index contributed by atoms with van der Waals surface area (Å²) in [5.74, 6) is 0.659. The first kappa shape index (κ1) is 16.7. The van der Waals surface area contributed by atoms with Gasteiger partial charge in [-0.25, -0.2) is 0 Å². The van der Waals surface area contributed by atoms with Crippen molar-refractivity contribution in [3.8, 4) is 0 Å². The molecule has 0 aliphatic rings. The second-order valence-electron chi connectivity index (χ2n) is 4.86. The molecule has 0 saturated heterocycles. The van der Waals surface area contributed by atoms with Gasteiger partial charge in [0.05, 0.1) is 0 Å². The molecule has 0 spiro atoms. The van der Waals surface area contributed by atoms with Crippen molar-refractivity contribution in [2.24, 2.45) is 5.92 Å². The zero-order valence-electron chi connectivity index (χ0n) is 11.9. The Balaban J connectivity index is 2.12. The highest BCUT2D eigenvalue weighted by Gasteiger charge is 1.99. The molecule has 0 aliphatic carbocycles. The van der Waals surface area contributed by atoms with Crippen molar-refractivity contribution in [2.45, 2.75) is 26.8 Å². The number of hydrazine groups is 1. The zero-order valence-corrected chi connectivity index (χ0v) is 13.5. The number of rotatable bonds is 5. The number of thiocarbonyl (C=S) groups is 2. The predicted octanol–water partition coefficient (Wildman–Crippen LogP) is 2.08. The van der Waals surface area contributed by atoms with Crippen molar-refractivity contribution in [3.05, 3.63) is 35.9 Å². The van der Waals surface area contributed by atoms with Crippen LogP contribution in [0.2, 0.25) is 0 Å². The summed E-state index contributed by atoms with van der Waals surface area (Å²) >= 11 is 10.3. The molecule has 0 bridgehead atoms. The minimum Gasteiger partial charge on any atom is -0.361 e. The molecule has 0 radical (unpaired) electrons. The van der Waals surface area contributed by atoms with Crippen molar-refractivity contribution < 1.29 is 0 Å². The maximum atomic E-state index is 5.15. The fraction of sp³-hybridized carbons (Fsp3) is 0.429. The molecule has 6 heteroatoms. The number of nitrogens with one attached hydrogen (secondary N) is 4. The zero-order chi connectivity index (χ0) is 14.8. The Morgan fingerprint density at radius 1 is 1.00 bits per heavy atom. The smallest absolute Gasteiger partial charge is 0.185 e. The van der Waals surface area contributed by atoms with E-state index >= 15 is 0 Å². The Labute approximate surface area is 131 Å². The lowest BCUT2D eigenvalue weighted by Gasteiger charge is -2.14. The largest absolute Gasteiger partial charge is 0.361 e. The molecule has 1 aromatic carbocycles. The summed E-state index contributed by atoms with van der Waals surface area (Å²) in [4.78, 5) is 0. The third kappa shape index (κ3) is 7.91. The first-order valence-corrected chi connectivity index (χ1v) is 7.51. The minimum absolute atomic E-state index is 0.516. The highest BCUT2D eigenvalue weighted by molar-refractivity contribution is 7.80. The quantitative estimate of drug-likeness (QED) is 0.493. The van der Waals surface area contributed by atoms with Crippen molar-refractivity contribution in [3.63, 3.8) is 0 Å². The molecule has 0 heterocycles. The van der Waals surface area contributed by atoms with E-state index in [-0.39, 0.29) is 0 Å². The topological polar surface area (TPSA) is 48.1 Å². The Morgan fingerprint density at radius 2 is 1.60 bits per heavy atom. The number of benzene rings is 1. The number of hydrogen-bond acceptors (Lipinski definition) is 2.